The van der Waals surface area contributed by atoms with E-state index >= 15 is 0 Å². The zero-order valence-corrected chi connectivity index (χ0v) is 12.8. The quantitative estimate of drug-likeness (QED) is 0.0871. The van der Waals surface area contributed by atoms with Gasteiger partial charge in [0.1, 0.15) is 24.4 Å². The number of nitrogens with zero attached hydrogens (tertiary/aromatic N) is 1. The van der Waals surface area contributed by atoms with Gasteiger partial charge in [-0.05, 0) is 12.8 Å². The monoisotopic (exact) mass is 352 g/mol. The second-order valence-electron chi connectivity index (χ2n) is 5.47. The Kier molecular flexibility index (Phi) is 7.28. The van der Waals surface area contributed by atoms with Crippen molar-refractivity contribution in [2.75, 3.05) is 13.2 Å². The van der Waals surface area contributed by atoms with E-state index in [9.17, 15) is 30.3 Å². The zero-order valence-electron chi connectivity index (χ0n) is 12.8. The molecule has 0 radical (unpaired) electrons. The molecule has 0 aromatic heterocycles. The molecule has 0 aromatic carbocycles. The van der Waals surface area contributed by atoms with E-state index in [4.69, 9.17) is 21.3 Å². The maximum absolute atomic E-state index is 11.2. The third kappa shape index (κ3) is 4.98. The molecule has 1 fully saturated rings. The van der Waals surface area contributed by atoms with Gasteiger partial charge in [0.05, 0.1) is 6.61 Å². The van der Waals surface area contributed by atoms with Gasteiger partial charge in [0.2, 0.25) is 5.79 Å². The smallest absolute Gasteiger partial charge is 0.320 e. The van der Waals surface area contributed by atoms with E-state index in [1.165, 1.54) is 0 Å². The van der Waals surface area contributed by atoms with Gasteiger partial charge >= 0.3 is 5.97 Å². The highest BCUT2D eigenvalue weighted by Gasteiger charge is 2.53. The van der Waals surface area contributed by atoms with E-state index in [1.54, 1.807) is 0 Å². The minimum absolute atomic E-state index is 0.000523. The van der Waals surface area contributed by atoms with E-state index < -0.39 is 48.9 Å². The molecule has 24 heavy (non-hydrogen) atoms. The Balaban J connectivity index is 2.68. The SMILES string of the molecule is NC(N)=NCCC[C@H](NC(O)C1(O)OC[C@@H](O)[C@@H](O)[C@@H]1O)C(=O)O. The summed E-state index contributed by atoms with van der Waals surface area (Å²) in [7, 11) is 0. The number of carbonyl (C=O) groups is 1. The maximum atomic E-state index is 11.2. The van der Waals surface area contributed by atoms with Crippen molar-refractivity contribution >= 4 is 11.9 Å². The van der Waals surface area contributed by atoms with Gasteiger partial charge in [-0.2, -0.15) is 0 Å². The van der Waals surface area contributed by atoms with Gasteiger partial charge in [0.15, 0.2) is 12.2 Å². The van der Waals surface area contributed by atoms with Crippen LogP contribution in [0.4, 0.5) is 0 Å². The number of aliphatic hydroxyl groups excluding tert-OH is 4. The summed E-state index contributed by atoms with van der Waals surface area (Å²) in [6.45, 7) is -0.395. The molecule has 1 heterocycles. The van der Waals surface area contributed by atoms with E-state index in [-0.39, 0.29) is 25.3 Å². The third-order valence-electron chi connectivity index (χ3n) is 3.62. The molecule has 0 aromatic rings. The van der Waals surface area contributed by atoms with Crippen LogP contribution in [-0.2, 0) is 9.53 Å². The van der Waals surface area contributed by atoms with Crippen molar-refractivity contribution < 1.29 is 40.2 Å². The third-order valence-corrected chi connectivity index (χ3v) is 3.62. The average molecular weight is 352 g/mol. The molecule has 140 valence electrons. The summed E-state index contributed by atoms with van der Waals surface area (Å²) >= 11 is 0. The van der Waals surface area contributed by atoms with Crippen molar-refractivity contribution in [3.63, 3.8) is 0 Å². The topological polar surface area (TPSA) is 224 Å². The lowest BCUT2D eigenvalue weighted by Gasteiger charge is -2.44. The molecule has 11 N–H and O–H groups in total. The average Bonchev–Trinajstić information content (AvgIpc) is 2.51. The largest absolute Gasteiger partial charge is 0.480 e. The van der Waals surface area contributed by atoms with E-state index in [1.807, 2.05) is 0 Å². The highest BCUT2D eigenvalue weighted by molar-refractivity contribution is 5.75. The highest BCUT2D eigenvalue weighted by Crippen LogP contribution is 2.26. The first kappa shape index (κ1) is 20.5. The van der Waals surface area contributed by atoms with Gasteiger partial charge < -0.3 is 46.8 Å². The fourth-order valence-corrected chi connectivity index (χ4v) is 2.19. The number of hydrogen-bond donors (Lipinski definition) is 9. The van der Waals surface area contributed by atoms with Gasteiger partial charge in [0.25, 0.3) is 0 Å². The lowest BCUT2D eigenvalue weighted by atomic mass is 9.95. The Morgan fingerprint density at radius 3 is 2.54 bits per heavy atom. The Morgan fingerprint density at radius 1 is 1.38 bits per heavy atom. The molecule has 6 atom stereocenters. The van der Waals surface area contributed by atoms with Crippen molar-refractivity contribution in [2.24, 2.45) is 16.5 Å². The lowest BCUT2D eigenvalue weighted by Crippen LogP contribution is -2.69. The predicted molar refractivity (Wildman–Crippen MR) is 79.4 cm³/mol. The first-order valence-electron chi connectivity index (χ1n) is 7.22. The number of carboxylic acids is 1. The molecule has 12 heteroatoms. The molecule has 0 saturated carbocycles. The number of aliphatic imine (C=N–C) groups is 1. The summed E-state index contributed by atoms with van der Waals surface area (Å²) < 4.78 is 4.80. The molecular weight excluding hydrogens is 328 g/mol. The Bertz CT molecular complexity index is 460. The van der Waals surface area contributed by atoms with E-state index in [2.05, 4.69) is 10.3 Å². The van der Waals surface area contributed by atoms with Crippen molar-refractivity contribution in [2.45, 2.75) is 49.2 Å². The van der Waals surface area contributed by atoms with Gasteiger partial charge in [-0.15, -0.1) is 0 Å². The summed E-state index contributed by atoms with van der Waals surface area (Å²) in [5.41, 5.74) is 10.3. The van der Waals surface area contributed by atoms with Crippen LogP contribution in [0.3, 0.4) is 0 Å². The highest BCUT2D eigenvalue weighted by atomic mass is 16.7. The second-order valence-corrected chi connectivity index (χ2v) is 5.47. The summed E-state index contributed by atoms with van der Waals surface area (Å²) in [4.78, 5) is 14.9. The Hall–Kier alpha value is -1.54. The second kappa shape index (κ2) is 8.53. The van der Waals surface area contributed by atoms with Crippen LogP contribution >= 0.6 is 0 Å². The summed E-state index contributed by atoms with van der Waals surface area (Å²) in [6, 6.07) is -1.31. The normalized spacial score (nSPS) is 32.8. The van der Waals surface area contributed by atoms with Crippen LogP contribution in [-0.4, -0.2) is 92.1 Å². The van der Waals surface area contributed by atoms with Gasteiger partial charge in [-0.1, -0.05) is 0 Å². The first-order valence-corrected chi connectivity index (χ1v) is 7.22. The van der Waals surface area contributed by atoms with Gasteiger partial charge in [0, 0.05) is 6.54 Å². The minimum Gasteiger partial charge on any atom is -0.480 e. The molecule has 0 amide bonds. The predicted octanol–water partition coefficient (Wildman–Crippen LogP) is -4.80. The Morgan fingerprint density at radius 2 is 2.00 bits per heavy atom. The molecule has 0 spiro atoms. The summed E-state index contributed by atoms with van der Waals surface area (Å²) in [6.07, 6.45) is -7.07. The van der Waals surface area contributed by atoms with Crippen molar-refractivity contribution in [3.05, 3.63) is 0 Å². The lowest BCUT2D eigenvalue weighted by molar-refractivity contribution is -0.356. The number of guanidine groups is 1. The molecule has 2 unspecified atom stereocenters. The molecule has 1 rings (SSSR count). The van der Waals surface area contributed by atoms with Gasteiger partial charge in [-0.25, -0.2) is 0 Å². The number of ether oxygens (including phenoxy) is 1. The number of rotatable bonds is 8. The fraction of sp³-hybridized carbons (Fsp3) is 0.833. The molecule has 1 aliphatic heterocycles. The molecular formula is C12H24N4O8. The van der Waals surface area contributed by atoms with Crippen LogP contribution in [0.15, 0.2) is 4.99 Å². The minimum atomic E-state index is -2.69. The zero-order chi connectivity index (χ0) is 18.5. The maximum Gasteiger partial charge on any atom is 0.320 e. The summed E-state index contributed by atoms with van der Waals surface area (Å²) in [5, 5.41) is 60.2. The molecule has 1 saturated heterocycles. The first-order chi connectivity index (χ1) is 11.1. The Labute approximate surface area is 137 Å². The van der Waals surface area contributed by atoms with E-state index in [0.717, 1.165) is 0 Å². The molecule has 1 aliphatic rings. The summed E-state index contributed by atoms with van der Waals surface area (Å²) in [5.74, 6) is -4.16. The van der Waals surface area contributed by atoms with Crippen LogP contribution in [0, 0.1) is 0 Å². The van der Waals surface area contributed by atoms with Crippen LogP contribution in [0.5, 0.6) is 0 Å². The number of aliphatic carboxylic acids is 1. The number of nitrogens with one attached hydrogen (secondary N) is 1. The number of hydrogen-bond acceptors (Lipinski definition) is 9. The fourth-order valence-electron chi connectivity index (χ4n) is 2.19. The van der Waals surface area contributed by atoms with Crippen molar-refractivity contribution in [1.29, 1.82) is 0 Å². The number of aliphatic hydroxyl groups is 5. The van der Waals surface area contributed by atoms with Crippen LogP contribution in [0.2, 0.25) is 0 Å². The van der Waals surface area contributed by atoms with Crippen LogP contribution in [0.1, 0.15) is 12.8 Å². The van der Waals surface area contributed by atoms with Gasteiger partial charge in [-0.3, -0.25) is 15.1 Å². The molecule has 12 nitrogen and oxygen atoms in total. The van der Waals surface area contributed by atoms with Crippen molar-refractivity contribution in [1.82, 2.24) is 5.32 Å². The molecule has 0 bridgehead atoms. The number of nitrogens with two attached hydrogens (primary N) is 2. The van der Waals surface area contributed by atoms with Crippen LogP contribution < -0.4 is 16.8 Å². The van der Waals surface area contributed by atoms with Crippen molar-refractivity contribution in [3.8, 4) is 0 Å². The standard InChI is InChI=1S/C12H24N4O8/c13-11(14)15-3-1-2-5(9(20)21)16-10(22)12(23)8(19)7(18)6(17)4-24-12/h5-8,10,16-19,22-23H,1-4H2,(H,20,21)(H4,13,14,15)/t5-,6+,7+,8-,10?,12?/m0/s1. The van der Waals surface area contributed by atoms with E-state index in [0.29, 0.717) is 0 Å². The molecule has 0 aliphatic carbocycles. The number of carboxylic acid groups (broad SMARTS) is 1. The van der Waals surface area contributed by atoms with Crippen LogP contribution in [0.25, 0.3) is 0 Å².